The minimum absolute atomic E-state index is 0.652. The van der Waals surface area contributed by atoms with Crippen molar-refractivity contribution in [1.82, 2.24) is 10.2 Å². The van der Waals surface area contributed by atoms with Crippen LogP contribution in [0, 0.1) is 5.92 Å². The van der Waals surface area contributed by atoms with Crippen LogP contribution < -0.4 is 5.32 Å². The van der Waals surface area contributed by atoms with Gasteiger partial charge in [-0.25, -0.2) is 0 Å². The molecule has 1 fully saturated rings. The highest BCUT2D eigenvalue weighted by atomic mass is 16.4. The lowest BCUT2D eigenvalue weighted by molar-refractivity contribution is -0.145. The number of nitrogens with one attached hydrogen (secondary N) is 1. The van der Waals surface area contributed by atoms with E-state index in [1.807, 2.05) is 6.92 Å². The van der Waals surface area contributed by atoms with Crippen LogP contribution in [0.25, 0.3) is 0 Å². The molecule has 1 heterocycles. The largest absolute Gasteiger partial charge is 0.480 e. The van der Waals surface area contributed by atoms with E-state index in [1.165, 1.54) is 32.4 Å². The van der Waals surface area contributed by atoms with Crippen molar-refractivity contribution >= 4 is 5.97 Å². The standard InChI is InChI=1S/C17H34N2O2/c1-4-11-18-17(5-2,16(20)21)10-7-13-19-12-6-8-15(3)9-14-19/h15,18H,4-14H2,1-3H3,(H,20,21). The van der Waals surface area contributed by atoms with Gasteiger partial charge in [-0.1, -0.05) is 20.8 Å². The summed E-state index contributed by atoms with van der Waals surface area (Å²) in [5.74, 6) is 0.151. The molecule has 0 bridgehead atoms. The summed E-state index contributed by atoms with van der Waals surface area (Å²) in [6.07, 6.45) is 7.22. The first kappa shape index (κ1) is 18.4. The van der Waals surface area contributed by atoms with E-state index in [0.29, 0.717) is 6.42 Å². The van der Waals surface area contributed by atoms with Crippen molar-refractivity contribution < 1.29 is 9.90 Å². The lowest BCUT2D eigenvalue weighted by atomic mass is 9.90. The molecule has 4 heteroatoms. The molecule has 0 aromatic carbocycles. The van der Waals surface area contributed by atoms with Gasteiger partial charge in [-0.3, -0.25) is 4.79 Å². The summed E-state index contributed by atoms with van der Waals surface area (Å²) < 4.78 is 0. The fourth-order valence-electron chi connectivity index (χ4n) is 3.24. The Morgan fingerprint density at radius 1 is 1.33 bits per heavy atom. The summed E-state index contributed by atoms with van der Waals surface area (Å²) in [7, 11) is 0. The summed E-state index contributed by atoms with van der Waals surface area (Å²) in [4.78, 5) is 14.2. The zero-order valence-electron chi connectivity index (χ0n) is 14.2. The van der Waals surface area contributed by atoms with Crippen LogP contribution in [0.4, 0.5) is 0 Å². The Balaban J connectivity index is 2.43. The van der Waals surface area contributed by atoms with Crippen molar-refractivity contribution in [3.05, 3.63) is 0 Å². The predicted octanol–water partition coefficient (Wildman–Crippen LogP) is 3.12. The third kappa shape index (κ3) is 5.95. The van der Waals surface area contributed by atoms with Crippen molar-refractivity contribution in [3.8, 4) is 0 Å². The van der Waals surface area contributed by atoms with Gasteiger partial charge in [-0.05, 0) is 77.0 Å². The minimum atomic E-state index is -0.727. The third-order valence-corrected chi connectivity index (χ3v) is 4.91. The van der Waals surface area contributed by atoms with E-state index in [9.17, 15) is 9.90 Å². The first-order valence-corrected chi connectivity index (χ1v) is 8.75. The Labute approximate surface area is 130 Å². The molecule has 0 aromatic rings. The lowest BCUT2D eigenvalue weighted by Crippen LogP contribution is -2.52. The van der Waals surface area contributed by atoms with Gasteiger partial charge >= 0.3 is 5.97 Å². The molecule has 0 saturated carbocycles. The van der Waals surface area contributed by atoms with E-state index in [2.05, 4.69) is 24.1 Å². The minimum Gasteiger partial charge on any atom is -0.480 e. The van der Waals surface area contributed by atoms with Gasteiger partial charge in [0.2, 0.25) is 0 Å². The second-order valence-corrected chi connectivity index (χ2v) is 6.65. The molecular formula is C17H34N2O2. The van der Waals surface area contributed by atoms with E-state index in [0.717, 1.165) is 38.3 Å². The number of hydrogen-bond donors (Lipinski definition) is 2. The van der Waals surface area contributed by atoms with E-state index in [4.69, 9.17) is 0 Å². The monoisotopic (exact) mass is 298 g/mol. The molecule has 1 rings (SSSR count). The Morgan fingerprint density at radius 3 is 2.71 bits per heavy atom. The maximum absolute atomic E-state index is 11.7. The topological polar surface area (TPSA) is 52.6 Å². The summed E-state index contributed by atoms with van der Waals surface area (Å²) >= 11 is 0. The van der Waals surface area contributed by atoms with Gasteiger partial charge in [0.1, 0.15) is 5.54 Å². The Morgan fingerprint density at radius 2 is 2.10 bits per heavy atom. The summed E-state index contributed by atoms with van der Waals surface area (Å²) in [5.41, 5.74) is -0.727. The van der Waals surface area contributed by atoms with Gasteiger partial charge in [0, 0.05) is 0 Å². The van der Waals surface area contributed by atoms with Gasteiger partial charge in [0.25, 0.3) is 0 Å². The zero-order valence-corrected chi connectivity index (χ0v) is 14.2. The average molecular weight is 298 g/mol. The van der Waals surface area contributed by atoms with Gasteiger partial charge < -0.3 is 15.3 Å². The molecule has 2 unspecified atom stereocenters. The first-order valence-electron chi connectivity index (χ1n) is 8.75. The molecule has 21 heavy (non-hydrogen) atoms. The van der Waals surface area contributed by atoms with E-state index in [1.54, 1.807) is 0 Å². The van der Waals surface area contributed by atoms with Gasteiger partial charge in [-0.2, -0.15) is 0 Å². The number of likely N-dealkylation sites (tertiary alicyclic amines) is 1. The lowest BCUT2D eigenvalue weighted by Gasteiger charge is -2.30. The van der Waals surface area contributed by atoms with Crippen LogP contribution in [0.15, 0.2) is 0 Å². The van der Waals surface area contributed by atoms with E-state index in [-0.39, 0.29) is 0 Å². The molecule has 4 nitrogen and oxygen atoms in total. The van der Waals surface area contributed by atoms with Crippen LogP contribution in [0.3, 0.4) is 0 Å². The molecule has 0 aromatic heterocycles. The number of carboxylic acid groups (broad SMARTS) is 1. The van der Waals surface area contributed by atoms with Crippen LogP contribution in [-0.2, 0) is 4.79 Å². The molecule has 1 aliphatic rings. The second-order valence-electron chi connectivity index (χ2n) is 6.65. The highest BCUT2D eigenvalue weighted by molar-refractivity contribution is 5.78. The molecule has 0 radical (unpaired) electrons. The molecule has 0 spiro atoms. The number of hydrogen-bond acceptors (Lipinski definition) is 3. The molecule has 2 atom stereocenters. The molecule has 1 saturated heterocycles. The van der Waals surface area contributed by atoms with Crippen molar-refractivity contribution in [2.75, 3.05) is 26.2 Å². The van der Waals surface area contributed by atoms with Crippen molar-refractivity contribution in [2.45, 2.75) is 71.3 Å². The summed E-state index contributed by atoms with van der Waals surface area (Å²) in [5, 5.41) is 12.9. The summed E-state index contributed by atoms with van der Waals surface area (Å²) in [6.45, 7) is 10.6. The maximum atomic E-state index is 11.7. The van der Waals surface area contributed by atoms with Crippen molar-refractivity contribution in [2.24, 2.45) is 5.92 Å². The number of rotatable bonds is 9. The van der Waals surface area contributed by atoms with Crippen molar-refractivity contribution in [3.63, 3.8) is 0 Å². The molecule has 124 valence electrons. The van der Waals surface area contributed by atoms with Gasteiger partial charge in [-0.15, -0.1) is 0 Å². The van der Waals surface area contributed by atoms with Crippen LogP contribution in [0.2, 0.25) is 0 Å². The van der Waals surface area contributed by atoms with Crippen LogP contribution in [0.1, 0.15) is 65.7 Å². The zero-order chi connectivity index (χ0) is 15.7. The van der Waals surface area contributed by atoms with Crippen LogP contribution >= 0.6 is 0 Å². The normalized spacial score (nSPS) is 23.5. The van der Waals surface area contributed by atoms with Crippen molar-refractivity contribution in [1.29, 1.82) is 0 Å². The Kier molecular flexibility index (Phi) is 8.27. The van der Waals surface area contributed by atoms with E-state index < -0.39 is 11.5 Å². The number of carboxylic acids is 1. The predicted molar refractivity (Wildman–Crippen MR) is 87.6 cm³/mol. The summed E-state index contributed by atoms with van der Waals surface area (Å²) in [6, 6.07) is 0. The molecule has 0 amide bonds. The first-order chi connectivity index (χ1) is 10.0. The average Bonchev–Trinajstić information content (AvgIpc) is 2.67. The fourth-order valence-corrected chi connectivity index (χ4v) is 3.24. The van der Waals surface area contributed by atoms with E-state index >= 15 is 0 Å². The number of aliphatic carboxylic acids is 1. The molecule has 1 aliphatic heterocycles. The molecular weight excluding hydrogens is 264 g/mol. The Bertz CT molecular complexity index is 309. The molecule has 0 aliphatic carbocycles. The third-order valence-electron chi connectivity index (χ3n) is 4.91. The SMILES string of the molecule is CCCNC(CC)(CCCN1CCCC(C)CC1)C(=O)O. The molecule has 2 N–H and O–H groups in total. The highest BCUT2D eigenvalue weighted by Crippen LogP contribution is 2.21. The highest BCUT2D eigenvalue weighted by Gasteiger charge is 2.35. The quantitative estimate of drug-likeness (QED) is 0.687. The van der Waals surface area contributed by atoms with Gasteiger partial charge in [0.05, 0.1) is 0 Å². The van der Waals surface area contributed by atoms with Crippen LogP contribution in [-0.4, -0.2) is 47.7 Å². The maximum Gasteiger partial charge on any atom is 0.323 e. The second kappa shape index (κ2) is 9.42. The van der Waals surface area contributed by atoms with Crippen LogP contribution in [0.5, 0.6) is 0 Å². The Hall–Kier alpha value is -0.610. The fraction of sp³-hybridized carbons (Fsp3) is 0.941. The number of nitrogens with zero attached hydrogens (tertiary/aromatic N) is 1. The van der Waals surface area contributed by atoms with Gasteiger partial charge in [0.15, 0.2) is 0 Å². The number of carbonyl (C=O) groups is 1. The smallest absolute Gasteiger partial charge is 0.323 e.